The summed E-state index contributed by atoms with van der Waals surface area (Å²) in [5.41, 5.74) is 0.796. The zero-order valence-corrected chi connectivity index (χ0v) is 19.3. The van der Waals surface area contributed by atoms with E-state index in [1.165, 1.54) is 6.26 Å². The standard InChI is InChI=1S/C17H28N4O4S.HI/c1-5-25-15-9-8-13(11-16(15)24-3)20-17(18-2)19-12-14-7-6-10-21(14)26(4,22)23;/h8-9,11,14H,5-7,10,12H2,1-4H3,(H2,18,19,20);1H/t14-;/m1./s1. The lowest BCUT2D eigenvalue weighted by molar-refractivity contribution is 0.311. The van der Waals surface area contributed by atoms with Crippen molar-refractivity contribution in [3.8, 4) is 11.5 Å². The molecule has 1 aromatic carbocycles. The average molecular weight is 512 g/mol. The average Bonchev–Trinajstić information content (AvgIpc) is 3.09. The number of halogens is 1. The molecule has 1 atom stereocenters. The van der Waals surface area contributed by atoms with E-state index in [-0.39, 0.29) is 30.0 Å². The number of ether oxygens (including phenoxy) is 2. The molecule has 0 unspecified atom stereocenters. The van der Waals surface area contributed by atoms with Crippen molar-refractivity contribution in [1.82, 2.24) is 9.62 Å². The molecular weight excluding hydrogens is 483 g/mol. The highest BCUT2D eigenvalue weighted by atomic mass is 127. The second-order valence-electron chi connectivity index (χ2n) is 6.05. The van der Waals surface area contributed by atoms with Gasteiger partial charge in [-0.2, -0.15) is 4.31 Å². The second-order valence-corrected chi connectivity index (χ2v) is 7.98. The van der Waals surface area contributed by atoms with Crippen LogP contribution in [0, 0.1) is 0 Å². The van der Waals surface area contributed by atoms with E-state index in [1.807, 2.05) is 25.1 Å². The highest BCUT2D eigenvalue weighted by molar-refractivity contribution is 14.0. The molecular formula is C17H29IN4O4S. The lowest BCUT2D eigenvalue weighted by Gasteiger charge is -2.23. The summed E-state index contributed by atoms with van der Waals surface area (Å²) in [5.74, 6) is 1.88. The Kier molecular flexibility index (Phi) is 9.60. The van der Waals surface area contributed by atoms with E-state index in [0.717, 1.165) is 18.5 Å². The SMILES string of the molecule is CCOc1ccc(NC(=NC)NC[C@H]2CCCN2S(C)(=O)=O)cc1OC.I. The molecule has 2 rings (SSSR count). The molecule has 0 bridgehead atoms. The van der Waals surface area contributed by atoms with Crippen molar-refractivity contribution in [1.29, 1.82) is 0 Å². The molecule has 2 N–H and O–H groups in total. The Balaban J connectivity index is 0.00000364. The van der Waals surface area contributed by atoms with Gasteiger partial charge in [-0.3, -0.25) is 4.99 Å². The number of methoxy groups -OCH3 is 1. The van der Waals surface area contributed by atoms with Gasteiger partial charge in [-0.15, -0.1) is 24.0 Å². The van der Waals surface area contributed by atoms with Crippen molar-refractivity contribution in [2.24, 2.45) is 4.99 Å². The fourth-order valence-corrected chi connectivity index (χ4v) is 4.18. The third-order valence-corrected chi connectivity index (χ3v) is 5.54. The first-order chi connectivity index (χ1) is 12.4. The van der Waals surface area contributed by atoms with Gasteiger partial charge in [-0.1, -0.05) is 0 Å². The predicted octanol–water partition coefficient (Wildman–Crippen LogP) is 2.12. The van der Waals surface area contributed by atoms with Crippen LogP contribution in [0.1, 0.15) is 19.8 Å². The number of guanidine groups is 1. The van der Waals surface area contributed by atoms with Crippen LogP contribution in [0.3, 0.4) is 0 Å². The largest absolute Gasteiger partial charge is 0.493 e. The molecule has 0 radical (unpaired) electrons. The van der Waals surface area contributed by atoms with Gasteiger partial charge in [0.25, 0.3) is 0 Å². The monoisotopic (exact) mass is 512 g/mol. The number of sulfonamides is 1. The van der Waals surface area contributed by atoms with Crippen LogP contribution in [0.4, 0.5) is 5.69 Å². The van der Waals surface area contributed by atoms with Crippen molar-refractivity contribution in [3.05, 3.63) is 18.2 Å². The fraction of sp³-hybridized carbons (Fsp3) is 0.588. The molecule has 1 aliphatic rings. The maximum atomic E-state index is 11.8. The molecule has 1 aliphatic heterocycles. The van der Waals surface area contributed by atoms with Gasteiger partial charge in [0, 0.05) is 37.9 Å². The lowest BCUT2D eigenvalue weighted by Crippen LogP contribution is -2.44. The van der Waals surface area contributed by atoms with E-state index in [0.29, 0.717) is 37.2 Å². The third kappa shape index (κ3) is 6.68. The van der Waals surface area contributed by atoms with Crippen molar-refractivity contribution in [2.45, 2.75) is 25.8 Å². The third-order valence-electron chi connectivity index (χ3n) is 4.20. The molecule has 10 heteroatoms. The molecule has 27 heavy (non-hydrogen) atoms. The van der Waals surface area contributed by atoms with Gasteiger partial charge >= 0.3 is 0 Å². The normalized spacial score (nSPS) is 17.9. The van der Waals surface area contributed by atoms with E-state index in [1.54, 1.807) is 18.5 Å². The number of nitrogens with one attached hydrogen (secondary N) is 2. The molecule has 0 aromatic heterocycles. The minimum atomic E-state index is -3.18. The molecule has 0 amide bonds. The maximum Gasteiger partial charge on any atom is 0.211 e. The van der Waals surface area contributed by atoms with Crippen molar-refractivity contribution >= 4 is 45.6 Å². The molecule has 1 heterocycles. The predicted molar refractivity (Wildman–Crippen MR) is 119 cm³/mol. The van der Waals surface area contributed by atoms with E-state index in [9.17, 15) is 8.42 Å². The summed E-state index contributed by atoms with van der Waals surface area (Å²) in [6, 6.07) is 5.48. The Morgan fingerprint density at radius 2 is 2.11 bits per heavy atom. The van der Waals surface area contributed by atoms with Crippen LogP contribution in [0.5, 0.6) is 11.5 Å². The van der Waals surface area contributed by atoms with Crippen molar-refractivity contribution in [2.75, 3.05) is 45.4 Å². The van der Waals surface area contributed by atoms with Crippen LogP contribution in [0.25, 0.3) is 0 Å². The smallest absolute Gasteiger partial charge is 0.211 e. The zero-order valence-electron chi connectivity index (χ0n) is 16.2. The van der Waals surface area contributed by atoms with E-state index in [4.69, 9.17) is 9.47 Å². The minimum absolute atomic E-state index is 0. The van der Waals surface area contributed by atoms with Crippen LogP contribution in [-0.2, 0) is 10.0 Å². The molecule has 0 spiro atoms. The summed E-state index contributed by atoms with van der Waals surface area (Å²) in [6.07, 6.45) is 2.97. The lowest BCUT2D eigenvalue weighted by atomic mass is 10.2. The van der Waals surface area contributed by atoms with Gasteiger partial charge in [0.05, 0.1) is 20.0 Å². The van der Waals surface area contributed by atoms with Gasteiger partial charge in [-0.05, 0) is 31.9 Å². The van der Waals surface area contributed by atoms with Crippen LogP contribution < -0.4 is 20.1 Å². The summed E-state index contributed by atoms with van der Waals surface area (Å²) in [4.78, 5) is 4.20. The van der Waals surface area contributed by atoms with Gasteiger partial charge in [0.2, 0.25) is 10.0 Å². The van der Waals surface area contributed by atoms with E-state index >= 15 is 0 Å². The zero-order chi connectivity index (χ0) is 19.2. The Bertz CT molecular complexity index is 742. The Morgan fingerprint density at radius 3 is 2.70 bits per heavy atom. The van der Waals surface area contributed by atoms with Crippen LogP contribution in [0.2, 0.25) is 0 Å². The minimum Gasteiger partial charge on any atom is -0.493 e. The van der Waals surface area contributed by atoms with E-state index in [2.05, 4.69) is 15.6 Å². The first kappa shape index (κ1) is 23.8. The van der Waals surface area contributed by atoms with Crippen LogP contribution in [0.15, 0.2) is 23.2 Å². The highest BCUT2D eigenvalue weighted by Crippen LogP contribution is 2.30. The highest BCUT2D eigenvalue weighted by Gasteiger charge is 2.31. The first-order valence-electron chi connectivity index (χ1n) is 8.64. The van der Waals surface area contributed by atoms with Crippen molar-refractivity contribution < 1.29 is 17.9 Å². The van der Waals surface area contributed by atoms with Crippen LogP contribution in [-0.4, -0.2) is 64.8 Å². The number of benzene rings is 1. The van der Waals surface area contributed by atoms with E-state index < -0.39 is 10.0 Å². The summed E-state index contributed by atoms with van der Waals surface area (Å²) in [6.45, 7) is 3.55. The molecule has 0 aliphatic carbocycles. The quantitative estimate of drug-likeness (QED) is 0.331. The fourth-order valence-electron chi connectivity index (χ4n) is 3.00. The van der Waals surface area contributed by atoms with Gasteiger partial charge in [0.1, 0.15) is 0 Å². The Hall–Kier alpha value is -1.27. The number of anilines is 1. The molecule has 1 aromatic rings. The van der Waals surface area contributed by atoms with Gasteiger partial charge in [-0.25, -0.2) is 8.42 Å². The molecule has 154 valence electrons. The topological polar surface area (TPSA) is 92.3 Å². The second kappa shape index (κ2) is 10.9. The first-order valence-corrected chi connectivity index (χ1v) is 10.5. The number of hydrogen-bond donors (Lipinski definition) is 2. The summed E-state index contributed by atoms with van der Waals surface area (Å²) >= 11 is 0. The molecule has 0 saturated carbocycles. The summed E-state index contributed by atoms with van der Waals surface area (Å²) in [5, 5.41) is 6.39. The van der Waals surface area contributed by atoms with Crippen molar-refractivity contribution in [3.63, 3.8) is 0 Å². The van der Waals surface area contributed by atoms with Gasteiger partial charge in [0.15, 0.2) is 17.5 Å². The summed E-state index contributed by atoms with van der Waals surface area (Å²) < 4.78 is 36.1. The maximum absolute atomic E-state index is 11.8. The van der Waals surface area contributed by atoms with Gasteiger partial charge < -0.3 is 20.1 Å². The van der Waals surface area contributed by atoms with Crippen LogP contribution >= 0.6 is 24.0 Å². The molecule has 8 nitrogen and oxygen atoms in total. The number of aliphatic imine (C=N–C) groups is 1. The Labute approximate surface area is 178 Å². The number of hydrogen-bond acceptors (Lipinski definition) is 5. The number of nitrogens with zero attached hydrogens (tertiary/aromatic N) is 2. The number of rotatable bonds is 7. The molecule has 1 fully saturated rings. The molecule has 1 saturated heterocycles. The summed E-state index contributed by atoms with van der Waals surface area (Å²) in [7, 11) is 0.0807. The Morgan fingerprint density at radius 1 is 1.37 bits per heavy atom.